The zero-order chi connectivity index (χ0) is 14.0. The van der Waals surface area contributed by atoms with E-state index in [0.717, 1.165) is 0 Å². The first-order valence-corrected chi connectivity index (χ1v) is 4.34. The highest BCUT2D eigenvalue weighted by molar-refractivity contribution is 6.51. The summed E-state index contributed by atoms with van der Waals surface area (Å²) in [7, 11) is 0. The normalized spacial score (nSPS) is 14.7. The number of hydrazone groups is 1. The standard InChI is InChI=1S/C7H9N7O4/c8-4(15)1-2(5(9)16)12-13-14(7(11)18)3(1)6(10)17/h13H,(H2,8,15)(H2,9,16)(H2,10,17)(H2,11,18). The van der Waals surface area contributed by atoms with Crippen LogP contribution < -0.4 is 28.5 Å². The molecule has 0 bridgehead atoms. The molecule has 11 nitrogen and oxygen atoms in total. The molecule has 0 fully saturated rings. The minimum absolute atomic E-state index is 0.370. The zero-order valence-electron chi connectivity index (χ0n) is 8.84. The van der Waals surface area contributed by atoms with Crippen molar-refractivity contribution in [3.63, 3.8) is 0 Å². The largest absolute Gasteiger partial charge is 0.365 e. The van der Waals surface area contributed by atoms with E-state index in [-0.39, 0.29) is 0 Å². The fourth-order valence-corrected chi connectivity index (χ4v) is 1.23. The number of carbonyl (C=O) groups excluding carboxylic acids is 4. The van der Waals surface area contributed by atoms with Gasteiger partial charge in [0.2, 0.25) is 0 Å². The number of primary amides is 4. The average Bonchev–Trinajstić information content (AvgIpc) is 2.26. The molecule has 1 aliphatic rings. The van der Waals surface area contributed by atoms with Crippen molar-refractivity contribution in [2.75, 3.05) is 0 Å². The maximum atomic E-state index is 11.2. The first-order chi connectivity index (χ1) is 8.27. The molecule has 0 aromatic carbocycles. The number of nitrogens with one attached hydrogen (secondary N) is 1. The van der Waals surface area contributed by atoms with E-state index in [0.29, 0.717) is 5.01 Å². The molecule has 1 aliphatic heterocycles. The highest BCUT2D eigenvalue weighted by Crippen LogP contribution is 2.14. The lowest BCUT2D eigenvalue weighted by atomic mass is 10.1. The third-order valence-electron chi connectivity index (χ3n) is 1.89. The summed E-state index contributed by atoms with van der Waals surface area (Å²) in [6.07, 6.45) is 0. The van der Waals surface area contributed by atoms with Crippen LogP contribution in [0.15, 0.2) is 16.4 Å². The molecule has 5 amide bonds. The van der Waals surface area contributed by atoms with Gasteiger partial charge in [-0.25, -0.2) is 10.3 Å². The van der Waals surface area contributed by atoms with Gasteiger partial charge in [0.05, 0.1) is 0 Å². The Morgan fingerprint density at radius 2 is 1.50 bits per heavy atom. The molecule has 9 N–H and O–H groups in total. The second kappa shape index (κ2) is 4.40. The van der Waals surface area contributed by atoms with Gasteiger partial charge in [-0.05, 0) is 0 Å². The highest BCUT2D eigenvalue weighted by atomic mass is 16.2. The molecule has 1 heterocycles. The second-order valence-electron chi connectivity index (χ2n) is 3.05. The average molecular weight is 255 g/mol. The lowest BCUT2D eigenvalue weighted by Crippen LogP contribution is -2.52. The Labute approximate surface area is 99.4 Å². The van der Waals surface area contributed by atoms with Gasteiger partial charge in [0.15, 0.2) is 5.71 Å². The van der Waals surface area contributed by atoms with Crippen LogP contribution in [0.4, 0.5) is 4.79 Å². The van der Waals surface area contributed by atoms with E-state index < -0.39 is 40.7 Å². The van der Waals surface area contributed by atoms with Crippen LogP contribution in [0, 0.1) is 0 Å². The fourth-order valence-electron chi connectivity index (χ4n) is 1.23. The number of carbonyl (C=O) groups is 4. The van der Waals surface area contributed by atoms with Crippen molar-refractivity contribution < 1.29 is 19.2 Å². The van der Waals surface area contributed by atoms with Crippen LogP contribution in [-0.4, -0.2) is 34.5 Å². The van der Waals surface area contributed by atoms with Gasteiger partial charge in [-0.2, -0.15) is 10.1 Å². The quantitative estimate of drug-likeness (QED) is 0.341. The summed E-state index contributed by atoms with van der Waals surface area (Å²) in [5.74, 6) is -3.57. The van der Waals surface area contributed by atoms with E-state index in [1.54, 1.807) is 0 Å². The van der Waals surface area contributed by atoms with Gasteiger partial charge >= 0.3 is 6.03 Å². The summed E-state index contributed by atoms with van der Waals surface area (Å²) < 4.78 is 0. The van der Waals surface area contributed by atoms with E-state index in [1.807, 2.05) is 5.53 Å². The Morgan fingerprint density at radius 3 is 1.83 bits per heavy atom. The molecule has 0 aromatic rings. The van der Waals surface area contributed by atoms with E-state index in [9.17, 15) is 19.2 Å². The smallest absolute Gasteiger partial charge is 0.339 e. The van der Waals surface area contributed by atoms with Crippen molar-refractivity contribution in [2.24, 2.45) is 28.0 Å². The number of hydrazine groups is 1. The van der Waals surface area contributed by atoms with Crippen molar-refractivity contribution in [2.45, 2.75) is 0 Å². The SMILES string of the molecule is NC(=O)C1=NNN(C(N)=O)C(C(N)=O)=C1C(N)=O. The molecule has 0 unspecified atom stereocenters. The van der Waals surface area contributed by atoms with Gasteiger partial charge in [-0.3, -0.25) is 14.4 Å². The molecular formula is C7H9N7O4. The molecular weight excluding hydrogens is 246 g/mol. The van der Waals surface area contributed by atoms with E-state index in [2.05, 4.69) is 5.10 Å². The summed E-state index contributed by atoms with van der Waals surface area (Å²) in [5.41, 5.74) is 19.8. The minimum atomic E-state index is -1.22. The molecule has 0 aliphatic carbocycles. The Kier molecular flexibility index (Phi) is 3.17. The Hall–Kier alpha value is -3.11. The van der Waals surface area contributed by atoms with Crippen LogP contribution >= 0.6 is 0 Å². The van der Waals surface area contributed by atoms with Crippen LogP contribution in [0.1, 0.15) is 0 Å². The predicted octanol–water partition coefficient (Wildman–Crippen LogP) is -4.05. The summed E-state index contributed by atoms with van der Waals surface area (Å²) in [5, 5.41) is 3.69. The Bertz CT molecular complexity index is 520. The summed E-state index contributed by atoms with van der Waals surface area (Å²) in [6, 6.07) is -1.19. The van der Waals surface area contributed by atoms with Gasteiger partial charge in [-0.1, -0.05) is 0 Å². The van der Waals surface area contributed by atoms with Crippen molar-refractivity contribution >= 4 is 29.5 Å². The van der Waals surface area contributed by atoms with Crippen LogP contribution in [0.2, 0.25) is 0 Å². The topological polar surface area (TPSA) is 200 Å². The van der Waals surface area contributed by atoms with E-state index in [1.165, 1.54) is 0 Å². The van der Waals surface area contributed by atoms with Gasteiger partial charge in [-0.15, -0.1) is 0 Å². The number of amides is 5. The third kappa shape index (κ3) is 2.04. The van der Waals surface area contributed by atoms with Gasteiger partial charge < -0.3 is 22.9 Å². The van der Waals surface area contributed by atoms with Crippen LogP contribution in [0.25, 0.3) is 0 Å². The van der Waals surface area contributed by atoms with Crippen LogP contribution in [0.5, 0.6) is 0 Å². The molecule has 0 saturated heterocycles. The van der Waals surface area contributed by atoms with Crippen molar-refractivity contribution in [3.8, 4) is 0 Å². The Morgan fingerprint density at radius 1 is 0.944 bits per heavy atom. The molecule has 18 heavy (non-hydrogen) atoms. The minimum Gasteiger partial charge on any atom is -0.365 e. The molecule has 0 aromatic heterocycles. The number of nitrogens with zero attached hydrogens (tertiary/aromatic N) is 2. The van der Waals surface area contributed by atoms with Gasteiger partial charge in [0, 0.05) is 0 Å². The van der Waals surface area contributed by atoms with Crippen LogP contribution in [0.3, 0.4) is 0 Å². The summed E-state index contributed by atoms with van der Waals surface area (Å²) >= 11 is 0. The predicted molar refractivity (Wildman–Crippen MR) is 56.6 cm³/mol. The maximum absolute atomic E-state index is 11.2. The number of hydrogen-bond acceptors (Lipinski definition) is 6. The number of nitrogens with two attached hydrogens (primary N) is 4. The number of urea groups is 1. The number of rotatable bonds is 3. The summed E-state index contributed by atoms with van der Waals surface area (Å²) in [4.78, 5) is 44.5. The molecule has 0 saturated carbocycles. The van der Waals surface area contributed by atoms with E-state index in [4.69, 9.17) is 22.9 Å². The van der Waals surface area contributed by atoms with Gasteiger partial charge in [0.25, 0.3) is 17.7 Å². The monoisotopic (exact) mass is 255 g/mol. The van der Waals surface area contributed by atoms with Crippen molar-refractivity contribution in [1.82, 2.24) is 10.5 Å². The molecule has 96 valence electrons. The second-order valence-corrected chi connectivity index (χ2v) is 3.05. The van der Waals surface area contributed by atoms with Crippen molar-refractivity contribution in [3.05, 3.63) is 11.3 Å². The fraction of sp³-hybridized carbons (Fsp3) is 0. The first kappa shape index (κ1) is 13.0. The Balaban J connectivity index is 3.54. The molecule has 0 radical (unpaired) electrons. The molecule has 1 rings (SSSR count). The number of hydrogen-bond donors (Lipinski definition) is 5. The highest BCUT2D eigenvalue weighted by Gasteiger charge is 2.35. The third-order valence-corrected chi connectivity index (χ3v) is 1.89. The van der Waals surface area contributed by atoms with Crippen molar-refractivity contribution in [1.29, 1.82) is 0 Å². The maximum Gasteiger partial charge on any atom is 0.339 e. The zero-order valence-corrected chi connectivity index (χ0v) is 8.84. The molecule has 0 atom stereocenters. The van der Waals surface area contributed by atoms with E-state index >= 15 is 0 Å². The van der Waals surface area contributed by atoms with Gasteiger partial charge in [0.1, 0.15) is 11.3 Å². The first-order valence-electron chi connectivity index (χ1n) is 4.34. The molecule has 0 spiro atoms. The molecule has 11 heteroatoms. The lowest BCUT2D eigenvalue weighted by Gasteiger charge is -2.26. The lowest BCUT2D eigenvalue weighted by molar-refractivity contribution is -0.118. The summed E-state index contributed by atoms with van der Waals surface area (Å²) in [6.45, 7) is 0. The van der Waals surface area contributed by atoms with Crippen LogP contribution in [-0.2, 0) is 14.4 Å².